The van der Waals surface area contributed by atoms with Crippen molar-refractivity contribution in [1.82, 2.24) is 15.0 Å². The number of ketones is 1. The molecule has 2 aliphatic rings. The lowest BCUT2D eigenvalue weighted by Crippen LogP contribution is -2.44. The van der Waals surface area contributed by atoms with Crippen molar-refractivity contribution in [1.29, 1.82) is 0 Å². The minimum Gasteiger partial charge on any atom is -0.485 e. The van der Waals surface area contributed by atoms with Crippen LogP contribution in [-0.2, 0) is 12.3 Å². The Morgan fingerprint density at radius 3 is 3.12 bits per heavy atom. The monoisotopic (exact) mass is 345 g/mol. The van der Waals surface area contributed by atoms with E-state index in [1.807, 2.05) is 30.5 Å². The molecule has 4 rings (SSSR count). The topological polar surface area (TPSA) is 68.5 Å². The Hall–Kier alpha value is -1.86. The number of rotatable bonds is 4. The SMILES string of the molecule is CSCc1noc(CN2CC[C@@]3(CC(=O)c4ccccc4O3)C2)n1. The van der Waals surface area contributed by atoms with E-state index in [0.717, 1.165) is 24.5 Å². The first-order chi connectivity index (χ1) is 11.7. The Labute approximate surface area is 144 Å². The molecular formula is C17H19N3O3S. The van der Waals surface area contributed by atoms with E-state index in [1.54, 1.807) is 11.8 Å². The minimum absolute atomic E-state index is 0.166. The van der Waals surface area contributed by atoms with Gasteiger partial charge in [0.15, 0.2) is 11.6 Å². The van der Waals surface area contributed by atoms with Crippen molar-refractivity contribution in [3.8, 4) is 5.75 Å². The van der Waals surface area contributed by atoms with Crippen LogP contribution < -0.4 is 4.74 Å². The third kappa shape index (κ3) is 2.93. The lowest BCUT2D eigenvalue weighted by Gasteiger charge is -2.34. The summed E-state index contributed by atoms with van der Waals surface area (Å²) >= 11 is 1.67. The van der Waals surface area contributed by atoms with Gasteiger partial charge in [-0.1, -0.05) is 17.3 Å². The number of likely N-dealkylation sites (tertiary alicyclic amines) is 1. The Morgan fingerprint density at radius 2 is 2.25 bits per heavy atom. The van der Waals surface area contributed by atoms with Crippen molar-refractivity contribution in [2.75, 3.05) is 19.3 Å². The Kier molecular flexibility index (Phi) is 4.05. The van der Waals surface area contributed by atoms with Gasteiger partial charge in [0, 0.05) is 19.5 Å². The summed E-state index contributed by atoms with van der Waals surface area (Å²) in [4.78, 5) is 19.1. The molecule has 1 atom stereocenters. The molecule has 0 N–H and O–H groups in total. The molecule has 2 aromatic rings. The molecule has 1 aromatic heterocycles. The molecule has 7 heteroatoms. The highest BCUT2D eigenvalue weighted by Gasteiger charge is 2.45. The fraction of sp³-hybridized carbons (Fsp3) is 0.471. The van der Waals surface area contributed by atoms with Crippen LogP contribution in [0.1, 0.15) is 34.9 Å². The molecule has 24 heavy (non-hydrogen) atoms. The molecule has 0 amide bonds. The number of hydrogen-bond acceptors (Lipinski definition) is 7. The van der Waals surface area contributed by atoms with Gasteiger partial charge in [-0.25, -0.2) is 0 Å². The van der Waals surface area contributed by atoms with Gasteiger partial charge >= 0.3 is 0 Å². The number of carbonyl (C=O) groups excluding carboxylic acids is 1. The van der Waals surface area contributed by atoms with Crippen LogP contribution in [0.2, 0.25) is 0 Å². The summed E-state index contributed by atoms with van der Waals surface area (Å²) < 4.78 is 11.5. The highest BCUT2D eigenvalue weighted by molar-refractivity contribution is 7.97. The zero-order valence-electron chi connectivity index (χ0n) is 13.5. The van der Waals surface area contributed by atoms with Crippen LogP contribution in [0.4, 0.5) is 0 Å². The predicted octanol–water partition coefficient (Wildman–Crippen LogP) is 2.54. The van der Waals surface area contributed by atoms with Gasteiger partial charge in [-0.3, -0.25) is 9.69 Å². The van der Waals surface area contributed by atoms with Gasteiger partial charge in [-0.05, 0) is 18.4 Å². The highest BCUT2D eigenvalue weighted by atomic mass is 32.2. The van der Waals surface area contributed by atoms with E-state index in [9.17, 15) is 4.79 Å². The summed E-state index contributed by atoms with van der Waals surface area (Å²) in [5.74, 6) is 2.97. The van der Waals surface area contributed by atoms with E-state index in [4.69, 9.17) is 9.26 Å². The summed E-state index contributed by atoms with van der Waals surface area (Å²) in [6.07, 6.45) is 3.27. The average Bonchev–Trinajstić information content (AvgIpc) is 3.16. The van der Waals surface area contributed by atoms with Gasteiger partial charge in [-0.15, -0.1) is 0 Å². The molecule has 1 fully saturated rings. The number of para-hydroxylation sites is 1. The largest absolute Gasteiger partial charge is 0.485 e. The van der Waals surface area contributed by atoms with Crippen molar-refractivity contribution >= 4 is 17.5 Å². The van der Waals surface area contributed by atoms with Crippen LogP contribution in [0, 0.1) is 0 Å². The number of nitrogens with zero attached hydrogens (tertiary/aromatic N) is 3. The molecule has 0 radical (unpaired) electrons. The standard InChI is InChI=1S/C17H19N3O3S/c1-24-10-15-18-16(23-19-15)9-20-7-6-17(11-20)8-13(21)12-4-2-3-5-14(12)22-17/h2-5H,6-11H2,1H3/t17-/m1/s1. The normalized spacial score (nSPS) is 23.5. The maximum absolute atomic E-state index is 12.4. The first-order valence-corrected chi connectivity index (χ1v) is 9.41. The molecule has 0 aliphatic carbocycles. The summed E-state index contributed by atoms with van der Waals surface area (Å²) in [5, 5.41) is 3.97. The van der Waals surface area contributed by atoms with E-state index in [1.165, 1.54) is 0 Å². The van der Waals surface area contributed by atoms with Gasteiger partial charge in [0.2, 0.25) is 5.89 Å². The lowest BCUT2D eigenvalue weighted by molar-refractivity contribution is 0.0449. The molecule has 1 spiro atoms. The van der Waals surface area contributed by atoms with Crippen molar-refractivity contribution in [3.05, 3.63) is 41.5 Å². The summed E-state index contributed by atoms with van der Waals surface area (Å²) in [7, 11) is 0. The van der Waals surface area contributed by atoms with E-state index in [2.05, 4.69) is 15.0 Å². The van der Waals surface area contributed by atoms with Gasteiger partial charge in [0.25, 0.3) is 0 Å². The van der Waals surface area contributed by atoms with E-state index < -0.39 is 5.60 Å². The molecule has 0 bridgehead atoms. The van der Waals surface area contributed by atoms with Crippen molar-refractivity contribution < 1.29 is 14.1 Å². The molecular weight excluding hydrogens is 326 g/mol. The number of ether oxygens (including phenoxy) is 1. The van der Waals surface area contributed by atoms with Crippen molar-refractivity contribution in [3.63, 3.8) is 0 Å². The number of benzene rings is 1. The molecule has 6 nitrogen and oxygen atoms in total. The zero-order chi connectivity index (χ0) is 16.6. The summed E-state index contributed by atoms with van der Waals surface area (Å²) in [6, 6.07) is 7.50. The van der Waals surface area contributed by atoms with Gasteiger partial charge in [0.1, 0.15) is 11.4 Å². The average molecular weight is 345 g/mol. The molecule has 3 heterocycles. The maximum Gasteiger partial charge on any atom is 0.240 e. The number of thioether (sulfide) groups is 1. The van der Waals surface area contributed by atoms with Crippen molar-refractivity contribution in [2.24, 2.45) is 0 Å². The zero-order valence-corrected chi connectivity index (χ0v) is 14.3. The third-order valence-electron chi connectivity index (χ3n) is 4.53. The van der Waals surface area contributed by atoms with Crippen LogP contribution in [0.15, 0.2) is 28.8 Å². The van der Waals surface area contributed by atoms with E-state index >= 15 is 0 Å². The lowest BCUT2D eigenvalue weighted by atomic mass is 9.89. The van der Waals surface area contributed by atoms with Crippen molar-refractivity contribution in [2.45, 2.75) is 30.7 Å². The number of aromatic nitrogens is 2. The van der Waals surface area contributed by atoms with Gasteiger partial charge < -0.3 is 9.26 Å². The number of fused-ring (bicyclic) bond motifs is 1. The molecule has 126 valence electrons. The third-order valence-corrected chi connectivity index (χ3v) is 5.08. The Bertz CT molecular complexity index is 763. The van der Waals surface area contributed by atoms with Crippen LogP contribution in [-0.4, -0.2) is 45.8 Å². The molecule has 1 saturated heterocycles. The van der Waals surface area contributed by atoms with Crippen LogP contribution in [0.5, 0.6) is 5.75 Å². The minimum atomic E-state index is -0.423. The quantitative estimate of drug-likeness (QED) is 0.843. The highest BCUT2D eigenvalue weighted by Crippen LogP contribution is 2.38. The molecule has 0 unspecified atom stereocenters. The second-order valence-corrected chi connectivity index (χ2v) is 7.25. The summed E-state index contributed by atoms with van der Waals surface area (Å²) in [6.45, 7) is 2.16. The summed E-state index contributed by atoms with van der Waals surface area (Å²) in [5.41, 5.74) is 0.272. The van der Waals surface area contributed by atoms with Crippen LogP contribution >= 0.6 is 11.8 Å². The fourth-order valence-electron chi connectivity index (χ4n) is 3.47. The second-order valence-electron chi connectivity index (χ2n) is 6.38. The Balaban J connectivity index is 1.45. The van der Waals surface area contributed by atoms with Crippen LogP contribution in [0.3, 0.4) is 0 Å². The molecule has 0 saturated carbocycles. The second kappa shape index (κ2) is 6.22. The molecule has 2 aliphatic heterocycles. The predicted molar refractivity (Wildman–Crippen MR) is 90.2 cm³/mol. The first kappa shape index (κ1) is 15.7. The molecule has 1 aromatic carbocycles. The smallest absolute Gasteiger partial charge is 0.240 e. The first-order valence-electron chi connectivity index (χ1n) is 8.01. The fourth-order valence-corrected chi connectivity index (χ4v) is 3.84. The number of hydrogen-bond donors (Lipinski definition) is 0. The van der Waals surface area contributed by atoms with Gasteiger partial charge in [-0.2, -0.15) is 16.7 Å². The van der Waals surface area contributed by atoms with Gasteiger partial charge in [0.05, 0.1) is 24.3 Å². The van der Waals surface area contributed by atoms with E-state index in [-0.39, 0.29) is 5.78 Å². The number of carbonyl (C=O) groups is 1. The Morgan fingerprint density at radius 1 is 1.38 bits per heavy atom. The van der Waals surface area contributed by atoms with Crippen LogP contribution in [0.25, 0.3) is 0 Å². The maximum atomic E-state index is 12.4. The van der Waals surface area contributed by atoms with E-state index in [0.29, 0.717) is 36.7 Å². The number of Topliss-reactive ketones (excluding diaryl/α,β-unsaturated/α-hetero) is 1.